The van der Waals surface area contributed by atoms with E-state index in [2.05, 4.69) is 4.90 Å². The molecule has 0 amide bonds. The predicted octanol–water partition coefficient (Wildman–Crippen LogP) is 1.55. The molecule has 0 aliphatic carbocycles. The minimum Gasteiger partial charge on any atom is -0.491 e. The Balaban J connectivity index is 0.00000243. The minimum absolute atomic E-state index is 0. The average molecular weight is 359 g/mol. The van der Waals surface area contributed by atoms with E-state index in [-0.39, 0.29) is 26.5 Å². The molecule has 2 unspecified atom stereocenters. The van der Waals surface area contributed by atoms with Crippen LogP contribution in [-0.4, -0.2) is 62.8 Å². The molecule has 3 aliphatic heterocycles. The first-order valence-corrected chi connectivity index (χ1v) is 9.12. The van der Waals surface area contributed by atoms with Crippen LogP contribution in [-0.2, 0) is 4.74 Å². The SMILES string of the molecule is B.CC=Cc1cc(C(=O)OCC)ccc1OCC1C(O)C2CCN1CC2. The number of rotatable bonds is 6. The maximum atomic E-state index is 11.9. The van der Waals surface area contributed by atoms with Gasteiger partial charge in [-0.25, -0.2) is 4.79 Å². The summed E-state index contributed by atoms with van der Waals surface area (Å²) in [6, 6.07) is 5.38. The van der Waals surface area contributed by atoms with Crippen LogP contribution >= 0.6 is 0 Å². The van der Waals surface area contributed by atoms with Gasteiger partial charge < -0.3 is 14.6 Å². The van der Waals surface area contributed by atoms with Crippen molar-refractivity contribution >= 4 is 20.5 Å². The molecule has 3 aliphatic rings. The summed E-state index contributed by atoms with van der Waals surface area (Å²) in [7, 11) is 0. The van der Waals surface area contributed by atoms with Crippen molar-refractivity contribution in [2.24, 2.45) is 5.92 Å². The van der Waals surface area contributed by atoms with Crippen molar-refractivity contribution in [2.45, 2.75) is 38.8 Å². The Morgan fingerprint density at radius 2 is 2.08 bits per heavy atom. The topological polar surface area (TPSA) is 59.0 Å². The first kappa shape index (κ1) is 20.5. The normalized spacial score (nSPS) is 27.2. The summed E-state index contributed by atoms with van der Waals surface area (Å²) in [6.07, 6.45) is 5.68. The highest BCUT2D eigenvalue weighted by molar-refractivity contribution is 5.90. The molecule has 3 saturated heterocycles. The Morgan fingerprint density at radius 1 is 1.35 bits per heavy atom. The Bertz CT molecular complexity index is 639. The molecule has 1 aromatic rings. The summed E-state index contributed by atoms with van der Waals surface area (Å²) >= 11 is 0. The number of hydrogen-bond donors (Lipinski definition) is 1. The first-order chi connectivity index (χ1) is 12.1. The third kappa shape index (κ3) is 4.30. The number of carbonyl (C=O) groups is 1. The van der Waals surface area contributed by atoms with Crippen molar-refractivity contribution < 1.29 is 19.4 Å². The highest BCUT2D eigenvalue weighted by Crippen LogP contribution is 2.33. The molecule has 3 heterocycles. The van der Waals surface area contributed by atoms with Crippen molar-refractivity contribution in [3.05, 3.63) is 35.4 Å². The zero-order chi connectivity index (χ0) is 17.8. The van der Waals surface area contributed by atoms with Gasteiger partial charge in [-0.05, 0) is 63.9 Å². The standard InChI is InChI=1S/C20H27NO4.BH3/c1-3-5-15-12-16(20(23)24-4-2)6-7-18(15)25-13-17-19(22)14-8-10-21(17)11-9-14;/h3,5-7,12,14,17,19,22H,4,8-11,13H2,1-2H3;1H3. The number of hydrogen-bond acceptors (Lipinski definition) is 5. The fraction of sp³-hybridized carbons (Fsp3) is 0.550. The Morgan fingerprint density at radius 3 is 2.69 bits per heavy atom. The van der Waals surface area contributed by atoms with Gasteiger partial charge in [0.15, 0.2) is 0 Å². The number of aliphatic hydroxyl groups excluding tert-OH is 1. The summed E-state index contributed by atoms with van der Waals surface area (Å²) in [5.74, 6) is 0.798. The molecular formula is C20H30BNO4. The van der Waals surface area contributed by atoms with Crippen molar-refractivity contribution in [2.75, 3.05) is 26.3 Å². The van der Waals surface area contributed by atoms with Crippen LogP contribution in [0.4, 0.5) is 0 Å². The van der Waals surface area contributed by atoms with Gasteiger partial charge in [0.2, 0.25) is 0 Å². The molecule has 0 spiro atoms. The number of piperidine rings is 3. The molecule has 2 bridgehead atoms. The number of nitrogens with zero attached hydrogens (tertiary/aromatic N) is 1. The predicted molar refractivity (Wildman–Crippen MR) is 107 cm³/mol. The monoisotopic (exact) mass is 359 g/mol. The number of carbonyl (C=O) groups excluding carboxylic acids is 1. The van der Waals surface area contributed by atoms with Crippen LogP contribution in [0.5, 0.6) is 5.75 Å². The number of esters is 1. The van der Waals surface area contributed by atoms with E-state index in [0.29, 0.717) is 24.7 Å². The zero-order valence-corrected chi connectivity index (χ0v) is 15.0. The number of ether oxygens (including phenoxy) is 2. The molecule has 2 atom stereocenters. The first-order valence-electron chi connectivity index (χ1n) is 9.12. The fourth-order valence-electron chi connectivity index (χ4n) is 3.83. The van der Waals surface area contributed by atoms with Crippen LogP contribution in [0.25, 0.3) is 6.08 Å². The van der Waals surface area contributed by atoms with Crippen molar-refractivity contribution in [1.29, 1.82) is 0 Å². The smallest absolute Gasteiger partial charge is 0.338 e. The van der Waals surface area contributed by atoms with Crippen molar-refractivity contribution in [3.8, 4) is 5.75 Å². The maximum Gasteiger partial charge on any atom is 0.338 e. The molecule has 4 rings (SSSR count). The Kier molecular flexibility index (Phi) is 7.29. The van der Waals surface area contributed by atoms with Gasteiger partial charge in [0, 0.05) is 5.56 Å². The molecule has 142 valence electrons. The number of aliphatic hydroxyl groups is 1. The lowest BCUT2D eigenvalue weighted by molar-refractivity contribution is -0.0849. The second-order valence-corrected chi connectivity index (χ2v) is 6.72. The van der Waals surface area contributed by atoms with E-state index in [1.165, 1.54) is 0 Å². The van der Waals surface area contributed by atoms with Crippen LogP contribution < -0.4 is 4.74 Å². The summed E-state index contributed by atoms with van der Waals surface area (Å²) in [4.78, 5) is 14.2. The number of allylic oxidation sites excluding steroid dienone is 1. The Hall–Kier alpha value is -1.79. The molecule has 0 radical (unpaired) electrons. The van der Waals surface area contributed by atoms with Gasteiger partial charge in [-0.1, -0.05) is 12.2 Å². The molecule has 0 aromatic heterocycles. The van der Waals surface area contributed by atoms with Gasteiger partial charge in [-0.3, -0.25) is 4.90 Å². The zero-order valence-electron chi connectivity index (χ0n) is 15.0. The fourth-order valence-corrected chi connectivity index (χ4v) is 3.83. The van der Waals surface area contributed by atoms with Gasteiger partial charge in [0.25, 0.3) is 0 Å². The second-order valence-electron chi connectivity index (χ2n) is 6.72. The van der Waals surface area contributed by atoms with E-state index in [1.807, 2.05) is 25.1 Å². The lowest BCUT2D eigenvalue weighted by Crippen LogP contribution is -2.59. The lowest BCUT2D eigenvalue weighted by atomic mass is 9.81. The molecule has 0 saturated carbocycles. The van der Waals surface area contributed by atoms with Gasteiger partial charge in [0.05, 0.1) is 32.7 Å². The summed E-state index contributed by atoms with van der Waals surface area (Å²) < 4.78 is 11.1. The van der Waals surface area contributed by atoms with Crippen LogP contribution in [0.2, 0.25) is 0 Å². The molecule has 1 N–H and O–H groups in total. The third-order valence-electron chi connectivity index (χ3n) is 5.20. The van der Waals surface area contributed by atoms with Crippen molar-refractivity contribution in [3.63, 3.8) is 0 Å². The summed E-state index contributed by atoms with van der Waals surface area (Å²) in [5, 5.41) is 10.5. The Labute approximate surface area is 157 Å². The van der Waals surface area contributed by atoms with Crippen LogP contribution in [0.15, 0.2) is 24.3 Å². The molecule has 6 heteroatoms. The highest BCUT2D eigenvalue weighted by Gasteiger charge is 2.41. The third-order valence-corrected chi connectivity index (χ3v) is 5.20. The largest absolute Gasteiger partial charge is 0.491 e. The summed E-state index contributed by atoms with van der Waals surface area (Å²) in [5.41, 5.74) is 1.36. The van der Waals surface area contributed by atoms with E-state index in [9.17, 15) is 9.90 Å². The number of fused-ring (bicyclic) bond motifs is 3. The van der Waals surface area contributed by atoms with Gasteiger partial charge in [-0.15, -0.1) is 0 Å². The van der Waals surface area contributed by atoms with Gasteiger partial charge in [0.1, 0.15) is 12.4 Å². The van der Waals surface area contributed by atoms with E-state index in [1.54, 1.807) is 19.1 Å². The lowest BCUT2D eigenvalue weighted by Gasteiger charge is -2.48. The van der Waals surface area contributed by atoms with Gasteiger partial charge in [-0.2, -0.15) is 0 Å². The van der Waals surface area contributed by atoms with E-state index < -0.39 is 0 Å². The van der Waals surface area contributed by atoms with Crippen molar-refractivity contribution in [1.82, 2.24) is 4.90 Å². The molecule has 5 nitrogen and oxygen atoms in total. The van der Waals surface area contributed by atoms with Crippen LogP contribution in [0.1, 0.15) is 42.6 Å². The van der Waals surface area contributed by atoms with Crippen LogP contribution in [0.3, 0.4) is 0 Å². The van der Waals surface area contributed by atoms with E-state index >= 15 is 0 Å². The van der Waals surface area contributed by atoms with Gasteiger partial charge >= 0.3 is 5.97 Å². The van der Waals surface area contributed by atoms with Crippen LogP contribution in [0, 0.1) is 5.92 Å². The maximum absolute atomic E-state index is 11.9. The highest BCUT2D eigenvalue weighted by atomic mass is 16.5. The number of benzene rings is 1. The molecule has 26 heavy (non-hydrogen) atoms. The molecular weight excluding hydrogens is 329 g/mol. The second kappa shape index (κ2) is 9.24. The van der Waals surface area contributed by atoms with E-state index in [0.717, 1.165) is 37.2 Å². The molecule has 1 aromatic carbocycles. The minimum atomic E-state index is -0.328. The molecule has 3 fully saturated rings. The quantitative estimate of drug-likeness (QED) is 0.617. The van der Waals surface area contributed by atoms with E-state index in [4.69, 9.17) is 9.47 Å². The summed E-state index contributed by atoms with van der Waals surface area (Å²) in [6.45, 7) is 6.61. The average Bonchev–Trinajstić information content (AvgIpc) is 2.63.